The van der Waals surface area contributed by atoms with E-state index >= 15 is 0 Å². The number of fused-ring (bicyclic) bond motifs is 2. The van der Waals surface area contributed by atoms with E-state index in [0.717, 1.165) is 7.11 Å². The molecule has 4 aliphatic heterocycles. The van der Waals surface area contributed by atoms with Crippen molar-refractivity contribution in [2.75, 3.05) is 80.2 Å². The molecule has 4 fully saturated rings. The van der Waals surface area contributed by atoms with E-state index in [-0.39, 0.29) is 141 Å². The van der Waals surface area contributed by atoms with Crippen molar-refractivity contribution in [1.29, 1.82) is 0 Å². The van der Waals surface area contributed by atoms with Gasteiger partial charge < -0.3 is 162 Å². The molecule has 23 N–H and O–H groups in total. The number of carbonyl (C=O) groups excluding carboxylic acids is 12. The molecule has 6 aliphatic rings. The molecule has 1 unspecified atom stereocenters. The number of carbonyl (C=O) groups is 12. The van der Waals surface area contributed by atoms with Crippen molar-refractivity contribution >= 4 is 138 Å². The molecule has 0 radical (unpaired) electrons. The highest BCUT2D eigenvalue weighted by Crippen LogP contribution is 2.49. The number of alkyl carbamates (subject to hydrolysis) is 1. The SMILES string of the molecule is CCN(C(=O)OCc1ccc(NC(=O)[C@H](CCCNC(N)=O)NC(=O)[C@@H](NC(=O)[C@H](CCCCN)NC(C)=O)C(C)C)cc1)[C@H]1CO[C@@H](O[C@H]2[C@H](O[C@H]3C#CC=CC#C[C@@]4(O)CC(=O)C(NC(=O)OC)=C3C4C=CSSC(C)(C)CCNC(=O)[C@H](CCCNC(N)=O)NC(=O)[C@@H](NC(C)=O)C(C)C)O[C@H](C)[C@@H](NO[C@H]3C[C@H](O)[C@H]([SH]=C(O)c4c(C)c(I)c(O[C@@H]5O[C@@H](C)[C@H](O)[C@@H](OC)[C@H]5O)c(OC)c4OC)[C@@H](C)O3)[C@@H]2O)C[C@@H]1OC. The van der Waals surface area contributed by atoms with Gasteiger partial charge in [-0.25, -0.2) is 19.2 Å². The molecule has 0 aromatic heterocycles. The van der Waals surface area contributed by atoms with Gasteiger partial charge in [0.25, 0.3) is 0 Å². The molecule has 836 valence electrons. The average molecular weight is 2280 g/mol. The Bertz CT molecular complexity index is 5210. The zero-order valence-electron chi connectivity index (χ0n) is 87.5. The van der Waals surface area contributed by atoms with Crippen molar-refractivity contribution in [1.82, 2.24) is 58.2 Å². The number of nitrogens with two attached hydrogens (primary N) is 3. The van der Waals surface area contributed by atoms with Gasteiger partial charge >= 0.3 is 24.2 Å². The minimum atomic E-state index is -2.27. The number of thiol groups is 1. The summed E-state index contributed by atoms with van der Waals surface area (Å²) in [6.07, 6.45) is -16.3. The number of hydrogen-bond donors (Lipinski definition) is 21. The summed E-state index contributed by atoms with van der Waals surface area (Å²) in [5, 5.41) is 99.6. The van der Waals surface area contributed by atoms with Crippen LogP contribution in [0.25, 0.3) is 0 Å². The lowest BCUT2D eigenvalue weighted by Gasteiger charge is -2.47. The summed E-state index contributed by atoms with van der Waals surface area (Å²) in [5.74, 6) is 4.61. The monoisotopic (exact) mass is 2280 g/mol. The Balaban J connectivity index is 1.05. The van der Waals surface area contributed by atoms with Crippen LogP contribution in [-0.2, 0) is 97.2 Å². The predicted octanol–water partition coefficient (Wildman–Crippen LogP) is 2.82. The van der Waals surface area contributed by atoms with Crippen LogP contribution in [0.3, 0.4) is 0 Å². The largest absolute Gasteiger partial charge is 0.492 e. The smallest absolute Gasteiger partial charge is 0.411 e. The number of rotatable bonds is 52. The molecule has 2 aromatic carbocycles. The number of urea groups is 2. The van der Waals surface area contributed by atoms with Crippen molar-refractivity contribution < 1.29 is 155 Å². The maximum Gasteiger partial charge on any atom is 0.411 e. The number of nitrogens with zero attached hydrogens (tertiary/aromatic N) is 1. The van der Waals surface area contributed by atoms with Gasteiger partial charge in [0.2, 0.25) is 53.4 Å². The first-order valence-corrected chi connectivity index (χ1v) is 53.7. The number of aliphatic hydroxyl groups is 6. The molecule has 47 nitrogen and oxygen atoms in total. The third-order valence-electron chi connectivity index (χ3n) is 25.6. The first-order valence-electron chi connectivity index (χ1n) is 49.4. The Hall–Kier alpha value is -9.81. The second-order valence-corrected chi connectivity index (χ2v) is 43.2. The molecule has 25 atom stereocenters. The molecule has 51 heteroatoms. The van der Waals surface area contributed by atoms with Crippen LogP contribution >= 0.6 is 55.5 Å². The molecular formula is C99H148IN15O32S3. The summed E-state index contributed by atoms with van der Waals surface area (Å²) in [7, 11) is 9.05. The summed E-state index contributed by atoms with van der Waals surface area (Å²) in [6, 6.07) is -2.86. The zero-order valence-corrected chi connectivity index (χ0v) is 92.2. The number of amides is 13. The van der Waals surface area contributed by atoms with E-state index in [1.807, 2.05) is 36.4 Å². The number of aliphatic hydroxyl groups excluding tert-OH is 5. The molecule has 8 rings (SSSR count). The Labute approximate surface area is 897 Å². The first kappa shape index (κ1) is 125. The van der Waals surface area contributed by atoms with E-state index in [9.17, 15) is 88.2 Å². The summed E-state index contributed by atoms with van der Waals surface area (Å²) in [4.78, 5) is 167. The number of halogens is 1. The second kappa shape index (κ2) is 60.2. The van der Waals surface area contributed by atoms with E-state index in [2.05, 4.69) is 82.3 Å². The van der Waals surface area contributed by atoms with Crippen molar-refractivity contribution in [3.63, 3.8) is 0 Å². The van der Waals surface area contributed by atoms with Gasteiger partial charge in [0.1, 0.15) is 84.1 Å². The van der Waals surface area contributed by atoms with Crippen LogP contribution in [0.2, 0.25) is 0 Å². The standard InChI is InChI=1S/C99H148IN15O32S3/c1-19-115(97(132)140-47-57-32-34-58(35-33-57)109-87(124)62(30-27-41-106-95(103)130)111-90(127)74(50(4)5)112-88(125)61(107-55(10)116)28-23-25-39-101)63-48-139-68(45-67(63)134-14)145-83-78(121)75(114-147-69-44-64(118)85(54(9)141-69)149-91(128)70-51(6)72(100)81(84(137-17)80(70)135-15)146-92-79(122)82(136-16)77(120)53(8)143-92)52(7)142-93(83)144-66-31-22-20-21-24-37-99(133)46-65(119)76(113-96(131)138-18)71(66)59(99)36-43-148-150-98(12,13)38-42-104-86(123)60(29-26-40-105-94(102)129)110-89(126)73(49(2)3)108-56(11)117/h20-21,32-36,43,49-50,52-54,59-64,66-69,73-75,77-79,82-83,85,92-93,114,118,120-122,128,133,149H,19,23,25-30,38-42,44-48,101H2,1-18H3,(H,104,123)(H,107,116)(H,108,117)(H,109,124)(H,110,126)(H,111,127)(H,112,125)(H,113,131)(H3,102,105,129)(H3,103,106,130)/t52-,53+,54-,59?,60+,61+,62+,63+,64+,66+,67+,68+,69+,73+,74+,75-,77+,78+,79-,82-,83-,85-,92+,93+,99-/m1/s1. The van der Waals surface area contributed by atoms with Crippen molar-refractivity contribution in [2.45, 2.75) is 317 Å². The van der Waals surface area contributed by atoms with E-state index in [1.54, 1.807) is 98.1 Å². The number of nitrogens with one attached hydrogen (secondary N) is 11. The molecule has 2 bridgehead atoms. The molecule has 2 aliphatic carbocycles. The second-order valence-electron chi connectivity index (χ2n) is 38.0. The Morgan fingerprint density at radius 2 is 1.30 bits per heavy atom. The molecule has 4 heterocycles. The molecule has 0 saturated carbocycles. The highest BCUT2D eigenvalue weighted by atomic mass is 127. The van der Waals surface area contributed by atoms with Gasteiger partial charge in [0.05, 0.1) is 97.0 Å². The number of hydrogen-bond acceptors (Lipinski definition) is 35. The van der Waals surface area contributed by atoms with Gasteiger partial charge in [-0.2, -0.15) is 16.8 Å². The molecule has 0 spiro atoms. The van der Waals surface area contributed by atoms with Gasteiger partial charge in [-0.05, 0) is 182 Å². The fourth-order valence-corrected chi connectivity index (χ4v) is 21.5. The normalized spacial score (nSPS) is 26.4. The van der Waals surface area contributed by atoms with Gasteiger partial charge in [-0.15, -0.1) is 0 Å². The van der Waals surface area contributed by atoms with Crippen molar-refractivity contribution in [3.8, 4) is 40.9 Å². The Kier molecular flexibility index (Phi) is 50.3. The van der Waals surface area contributed by atoms with Gasteiger partial charge in [-0.1, -0.05) is 91.2 Å². The third-order valence-corrected chi connectivity index (χ3v) is 31.5. The number of ether oxygens (including phenoxy) is 13. The number of methoxy groups -OCH3 is 5. The summed E-state index contributed by atoms with van der Waals surface area (Å²) < 4.78 is 79.7. The molecule has 13 amide bonds. The highest BCUT2D eigenvalue weighted by molar-refractivity contribution is 14.1. The summed E-state index contributed by atoms with van der Waals surface area (Å²) >= 11 is 2.16. The Morgan fingerprint density at radius 3 is 1.89 bits per heavy atom. The van der Waals surface area contributed by atoms with Crippen molar-refractivity contribution in [3.05, 3.63) is 79.4 Å². The minimum absolute atomic E-state index is 0.00957. The lowest BCUT2D eigenvalue weighted by atomic mass is 9.71. The molecule has 4 saturated heterocycles. The maximum atomic E-state index is 14.8. The van der Waals surface area contributed by atoms with Crippen LogP contribution in [0.15, 0.2) is 59.2 Å². The average Bonchev–Trinajstić information content (AvgIpc) is 0.747. The lowest BCUT2D eigenvalue weighted by Crippen LogP contribution is -2.65. The predicted molar refractivity (Wildman–Crippen MR) is 562 cm³/mol. The minimum Gasteiger partial charge on any atom is -0.492 e. The number of benzene rings is 2. The van der Waals surface area contributed by atoms with Crippen LogP contribution in [0.4, 0.5) is 24.9 Å². The number of unbranched alkanes of at least 4 members (excludes halogenated alkanes) is 1. The van der Waals surface area contributed by atoms with Gasteiger partial charge in [0, 0.05) is 89.0 Å². The lowest BCUT2D eigenvalue weighted by molar-refractivity contribution is -0.337. The van der Waals surface area contributed by atoms with E-state index in [4.69, 9.17) is 83.6 Å². The topological polar surface area (TPSA) is 669 Å². The van der Waals surface area contributed by atoms with Crippen LogP contribution in [0.1, 0.15) is 170 Å². The van der Waals surface area contributed by atoms with E-state index in [1.165, 1.54) is 80.9 Å². The van der Waals surface area contributed by atoms with E-state index in [0.29, 0.717) is 40.5 Å². The number of allylic oxidation sites excluding steroid dienone is 3. The number of anilines is 1. The fraction of sp³-hybridized carbons (Fsp3) is 0.646. The van der Waals surface area contributed by atoms with Gasteiger partial charge in [-0.3, -0.25) is 48.5 Å². The third kappa shape index (κ3) is 35.6. The van der Waals surface area contributed by atoms with Crippen molar-refractivity contribution in [2.24, 2.45) is 35.0 Å². The molecule has 2 aromatic rings. The van der Waals surface area contributed by atoms with E-state index < -0.39 is 246 Å². The summed E-state index contributed by atoms with van der Waals surface area (Å²) in [5.41, 5.74) is 17.7. The zero-order chi connectivity index (χ0) is 111. The fourth-order valence-electron chi connectivity index (χ4n) is 17.5. The van der Waals surface area contributed by atoms with Crippen LogP contribution < -0.4 is 90.1 Å². The Morgan fingerprint density at radius 1 is 0.687 bits per heavy atom. The molecular weight excluding hydrogens is 2130 g/mol. The number of likely N-dealkylation sites (N-methyl/N-ethyl adjacent to an activating group) is 1. The summed E-state index contributed by atoms with van der Waals surface area (Å²) in [6.45, 7) is 21.5. The number of primary amides is 2. The van der Waals surface area contributed by atoms with Gasteiger partial charge in [0.15, 0.2) is 36.2 Å². The molecule has 150 heavy (non-hydrogen) atoms. The number of ketones is 1. The van der Waals surface area contributed by atoms with Crippen LogP contribution in [0.5, 0.6) is 17.2 Å². The number of hydroxylamine groups is 1. The van der Waals surface area contributed by atoms with Crippen LogP contribution in [0, 0.1) is 51.9 Å². The number of Topliss-reactive ketones (excluding diaryl/α,β-unsaturated/α-hetero) is 1. The van der Waals surface area contributed by atoms with Crippen LogP contribution in [-0.4, -0.2) is 337 Å². The first-order chi connectivity index (χ1) is 71.1. The maximum absolute atomic E-state index is 14.8. The highest BCUT2D eigenvalue weighted by Gasteiger charge is 2.54. The quantitative estimate of drug-likeness (QED) is 0.00861.